The third-order valence-corrected chi connectivity index (χ3v) is 7.19. The van der Waals surface area contributed by atoms with Gasteiger partial charge in [0.05, 0.1) is 25.3 Å². The molecule has 7 nitrogen and oxygen atoms in total. The van der Waals surface area contributed by atoms with Crippen molar-refractivity contribution in [1.29, 1.82) is 5.26 Å². The number of nitrogens with zero attached hydrogens (tertiary/aromatic N) is 2. The molecule has 4 rings (SSSR count). The molecule has 0 saturated carbocycles. The summed E-state index contributed by atoms with van der Waals surface area (Å²) in [6.45, 7) is 4.77. The highest BCUT2D eigenvalue weighted by molar-refractivity contribution is 5.83. The van der Waals surface area contributed by atoms with Crippen LogP contribution in [-0.4, -0.2) is 49.5 Å². The number of likely N-dealkylation sites (tertiary alicyclic amines) is 1. The van der Waals surface area contributed by atoms with Crippen molar-refractivity contribution in [2.45, 2.75) is 38.3 Å². The molecule has 1 aliphatic heterocycles. The van der Waals surface area contributed by atoms with Gasteiger partial charge in [-0.2, -0.15) is 5.26 Å². The van der Waals surface area contributed by atoms with Crippen molar-refractivity contribution in [3.05, 3.63) is 89.5 Å². The minimum atomic E-state index is -0.208. The van der Waals surface area contributed by atoms with Crippen molar-refractivity contribution < 1.29 is 14.3 Å². The van der Waals surface area contributed by atoms with E-state index in [-0.39, 0.29) is 36.4 Å². The number of rotatable bonds is 8. The topological polar surface area (TPSA) is 94.5 Å². The summed E-state index contributed by atoms with van der Waals surface area (Å²) < 4.78 is 5.72. The Bertz CT molecular complexity index is 1300. The molecule has 0 bridgehead atoms. The second-order valence-corrected chi connectivity index (χ2v) is 9.70. The number of amides is 2. The van der Waals surface area contributed by atoms with Crippen molar-refractivity contribution in [1.82, 2.24) is 15.5 Å². The number of carbonyl (C=O) groups excluding carboxylic acids is 2. The highest BCUT2D eigenvalue weighted by atomic mass is 16.5. The summed E-state index contributed by atoms with van der Waals surface area (Å²) in [5, 5.41) is 15.6. The van der Waals surface area contributed by atoms with Gasteiger partial charge in [0.1, 0.15) is 5.75 Å². The van der Waals surface area contributed by atoms with Gasteiger partial charge in [0.15, 0.2) is 0 Å². The number of nitriles is 1. The van der Waals surface area contributed by atoms with Gasteiger partial charge in [-0.05, 0) is 54.3 Å². The molecular weight excluding hydrogens is 476 g/mol. The summed E-state index contributed by atoms with van der Waals surface area (Å²) in [4.78, 5) is 25.9. The van der Waals surface area contributed by atoms with Gasteiger partial charge in [-0.1, -0.05) is 48.5 Å². The summed E-state index contributed by atoms with van der Waals surface area (Å²) in [5.74, 6) is 0.632. The van der Waals surface area contributed by atoms with Gasteiger partial charge in [0.25, 0.3) is 0 Å². The van der Waals surface area contributed by atoms with Gasteiger partial charge >= 0.3 is 0 Å². The predicted molar refractivity (Wildman–Crippen MR) is 148 cm³/mol. The molecule has 1 fully saturated rings. The van der Waals surface area contributed by atoms with Crippen LogP contribution in [0.25, 0.3) is 11.1 Å². The average Bonchev–Trinajstić information content (AvgIpc) is 2.96. The third kappa shape index (κ3) is 6.39. The first-order valence-electron chi connectivity index (χ1n) is 12.9. The zero-order valence-electron chi connectivity index (χ0n) is 22.1. The molecule has 3 aromatic carbocycles. The van der Waals surface area contributed by atoms with Gasteiger partial charge in [0, 0.05) is 43.6 Å². The first-order chi connectivity index (χ1) is 18.4. The molecule has 1 unspecified atom stereocenters. The molecule has 3 atom stereocenters. The van der Waals surface area contributed by atoms with Gasteiger partial charge in [-0.25, -0.2) is 0 Å². The average molecular weight is 511 g/mol. The Labute approximate surface area is 224 Å². The maximum absolute atomic E-state index is 12.8. The molecule has 2 amide bonds. The molecule has 0 spiro atoms. The number of piperidine rings is 1. The number of benzene rings is 3. The van der Waals surface area contributed by atoms with E-state index < -0.39 is 0 Å². The lowest BCUT2D eigenvalue weighted by Crippen LogP contribution is -2.52. The standard InChI is InChI=1S/C31H34N4O3/c1-21(27-17-26(13-14-30(27)38-3)24-11-9-23(18-32)10-12-24)34-29-15-16-35(31(37)19-33-22(2)36)20-28(29)25-7-5-4-6-8-25/h4-14,17,21,28-29,34H,15-16,19-20H2,1-3H3,(H,33,36)/t21?,28-,29-/m0/s1. The summed E-state index contributed by atoms with van der Waals surface area (Å²) in [6.07, 6.45) is 0.785. The molecule has 0 aliphatic carbocycles. The summed E-state index contributed by atoms with van der Waals surface area (Å²) in [7, 11) is 1.68. The van der Waals surface area contributed by atoms with Crippen molar-refractivity contribution in [3.8, 4) is 22.9 Å². The number of nitrogens with one attached hydrogen (secondary N) is 2. The smallest absolute Gasteiger partial charge is 0.241 e. The lowest BCUT2D eigenvalue weighted by Gasteiger charge is -2.40. The number of carbonyl (C=O) groups is 2. The van der Waals surface area contributed by atoms with Crippen molar-refractivity contribution in [3.63, 3.8) is 0 Å². The molecule has 1 saturated heterocycles. The maximum atomic E-state index is 12.8. The number of ether oxygens (including phenoxy) is 1. The minimum absolute atomic E-state index is 0.0128. The Morgan fingerprint density at radius 2 is 1.79 bits per heavy atom. The minimum Gasteiger partial charge on any atom is -0.496 e. The molecule has 2 N–H and O–H groups in total. The Morgan fingerprint density at radius 3 is 2.45 bits per heavy atom. The summed E-state index contributed by atoms with van der Waals surface area (Å²) in [6, 6.07) is 26.3. The van der Waals surface area contributed by atoms with Crippen LogP contribution >= 0.6 is 0 Å². The van der Waals surface area contributed by atoms with E-state index in [4.69, 9.17) is 10.00 Å². The van der Waals surface area contributed by atoms with E-state index in [9.17, 15) is 9.59 Å². The highest BCUT2D eigenvalue weighted by Gasteiger charge is 2.33. The fourth-order valence-electron chi connectivity index (χ4n) is 5.13. The second-order valence-electron chi connectivity index (χ2n) is 9.70. The number of hydrogen-bond donors (Lipinski definition) is 2. The summed E-state index contributed by atoms with van der Waals surface area (Å²) in [5.41, 5.74) is 4.94. The van der Waals surface area contributed by atoms with E-state index >= 15 is 0 Å². The Morgan fingerprint density at radius 1 is 1.08 bits per heavy atom. The van der Waals surface area contributed by atoms with Crippen LogP contribution in [0.15, 0.2) is 72.8 Å². The van der Waals surface area contributed by atoms with E-state index in [1.54, 1.807) is 7.11 Å². The Kier molecular flexibility index (Phi) is 8.77. The third-order valence-electron chi connectivity index (χ3n) is 7.19. The van der Waals surface area contributed by atoms with Gasteiger partial charge in [-0.3, -0.25) is 9.59 Å². The second kappa shape index (κ2) is 12.4. The first-order valence-corrected chi connectivity index (χ1v) is 12.9. The van der Waals surface area contributed by atoms with Crippen LogP contribution in [0.5, 0.6) is 5.75 Å². The SMILES string of the molecule is COc1ccc(-c2ccc(C#N)cc2)cc1C(C)N[C@H]1CCN(C(=O)CNC(C)=O)C[C@H]1c1ccccc1. The van der Waals surface area contributed by atoms with Crippen LogP contribution in [-0.2, 0) is 9.59 Å². The molecular formula is C31H34N4O3. The fourth-order valence-corrected chi connectivity index (χ4v) is 5.13. The van der Waals surface area contributed by atoms with E-state index in [2.05, 4.69) is 41.8 Å². The van der Waals surface area contributed by atoms with Gasteiger partial charge in [-0.15, -0.1) is 0 Å². The first kappa shape index (κ1) is 26.9. The zero-order chi connectivity index (χ0) is 27.1. The lowest BCUT2D eigenvalue weighted by molar-refractivity contribution is -0.133. The van der Waals surface area contributed by atoms with Crippen molar-refractivity contribution >= 4 is 11.8 Å². The van der Waals surface area contributed by atoms with Crippen molar-refractivity contribution in [2.24, 2.45) is 0 Å². The molecule has 0 aromatic heterocycles. The number of hydrogen-bond acceptors (Lipinski definition) is 5. The van der Waals surface area contributed by atoms with Crippen LogP contribution in [0.3, 0.4) is 0 Å². The molecule has 1 aliphatic rings. The maximum Gasteiger partial charge on any atom is 0.241 e. The van der Waals surface area contributed by atoms with E-state index in [0.29, 0.717) is 18.7 Å². The molecule has 38 heavy (non-hydrogen) atoms. The molecule has 3 aromatic rings. The molecule has 1 heterocycles. The van der Waals surface area contributed by atoms with Gasteiger partial charge < -0.3 is 20.3 Å². The van der Waals surface area contributed by atoms with Gasteiger partial charge in [0.2, 0.25) is 11.8 Å². The Hall–Kier alpha value is -4.15. The zero-order valence-corrected chi connectivity index (χ0v) is 22.1. The fraction of sp³-hybridized carbons (Fsp3) is 0.323. The van der Waals surface area contributed by atoms with E-state index in [0.717, 1.165) is 28.9 Å². The molecule has 7 heteroatoms. The molecule has 196 valence electrons. The number of methoxy groups -OCH3 is 1. The Balaban J connectivity index is 1.56. The lowest BCUT2D eigenvalue weighted by atomic mass is 9.85. The van der Waals surface area contributed by atoms with E-state index in [1.165, 1.54) is 12.5 Å². The highest BCUT2D eigenvalue weighted by Crippen LogP contribution is 2.34. The van der Waals surface area contributed by atoms with Crippen LogP contribution in [0.2, 0.25) is 0 Å². The van der Waals surface area contributed by atoms with Crippen LogP contribution in [0.4, 0.5) is 0 Å². The van der Waals surface area contributed by atoms with Crippen LogP contribution in [0, 0.1) is 11.3 Å². The normalized spacial score (nSPS) is 17.8. The quantitative estimate of drug-likeness (QED) is 0.468. The monoisotopic (exact) mass is 510 g/mol. The van der Waals surface area contributed by atoms with Crippen LogP contribution in [0.1, 0.15) is 48.9 Å². The molecule has 0 radical (unpaired) electrons. The largest absolute Gasteiger partial charge is 0.496 e. The summed E-state index contributed by atoms with van der Waals surface area (Å²) >= 11 is 0. The van der Waals surface area contributed by atoms with Crippen LogP contribution < -0.4 is 15.4 Å². The van der Waals surface area contributed by atoms with Crippen molar-refractivity contribution in [2.75, 3.05) is 26.7 Å². The van der Waals surface area contributed by atoms with E-state index in [1.807, 2.05) is 59.5 Å². The predicted octanol–water partition coefficient (Wildman–Crippen LogP) is 4.41.